The zero-order valence-electron chi connectivity index (χ0n) is 12.3. The molecule has 1 aliphatic carbocycles. The maximum Gasteiger partial charge on any atom is 0.315 e. The first kappa shape index (κ1) is 15.6. The van der Waals surface area contributed by atoms with Gasteiger partial charge in [0.05, 0.1) is 11.6 Å². The van der Waals surface area contributed by atoms with Crippen LogP contribution >= 0.6 is 11.8 Å². The third-order valence-electron chi connectivity index (χ3n) is 4.27. The summed E-state index contributed by atoms with van der Waals surface area (Å²) in [5, 5.41) is 16.0. The number of halogens is 1. The Kier molecular flexibility index (Phi) is 4.59. The highest BCUT2D eigenvalue weighted by molar-refractivity contribution is 7.99. The molecule has 1 heterocycles. The van der Waals surface area contributed by atoms with Crippen molar-refractivity contribution in [2.24, 2.45) is 5.92 Å². The third kappa shape index (κ3) is 3.93. The van der Waals surface area contributed by atoms with Crippen molar-refractivity contribution in [3.05, 3.63) is 35.6 Å². The van der Waals surface area contributed by atoms with Crippen LogP contribution in [0.25, 0.3) is 0 Å². The topological polar surface area (TPSA) is 61.4 Å². The predicted octanol–water partition coefficient (Wildman–Crippen LogP) is 2.44. The maximum atomic E-state index is 13.0. The molecule has 1 aliphatic heterocycles. The number of benzene rings is 1. The maximum absolute atomic E-state index is 13.0. The van der Waals surface area contributed by atoms with Crippen LogP contribution in [-0.2, 0) is 0 Å². The van der Waals surface area contributed by atoms with Gasteiger partial charge in [-0.1, -0.05) is 12.1 Å². The summed E-state index contributed by atoms with van der Waals surface area (Å²) in [7, 11) is 0. The molecule has 2 fully saturated rings. The number of amides is 2. The lowest BCUT2D eigenvalue weighted by molar-refractivity contribution is 0.0698. The number of thioether (sulfide) groups is 1. The van der Waals surface area contributed by atoms with Gasteiger partial charge in [0.1, 0.15) is 5.82 Å². The number of hydrogen-bond acceptors (Lipinski definition) is 3. The molecule has 0 spiro atoms. The molecule has 0 aromatic heterocycles. The molecule has 0 bridgehead atoms. The van der Waals surface area contributed by atoms with Crippen LogP contribution in [0.2, 0.25) is 0 Å². The average Bonchev–Trinajstić information content (AvgIpc) is 3.26. The van der Waals surface area contributed by atoms with Gasteiger partial charge >= 0.3 is 6.03 Å². The summed E-state index contributed by atoms with van der Waals surface area (Å²) in [5.41, 5.74) is 0.140. The van der Waals surface area contributed by atoms with Crippen molar-refractivity contribution >= 4 is 17.8 Å². The van der Waals surface area contributed by atoms with Crippen molar-refractivity contribution in [1.82, 2.24) is 10.6 Å². The van der Waals surface area contributed by atoms with Gasteiger partial charge in [-0.05, 0) is 48.6 Å². The van der Waals surface area contributed by atoms with Crippen molar-refractivity contribution in [2.75, 3.05) is 18.1 Å². The molecule has 3 N–H and O–H groups in total. The summed E-state index contributed by atoms with van der Waals surface area (Å²) in [5.74, 6) is 1.74. The largest absolute Gasteiger partial charge is 0.387 e. The molecule has 22 heavy (non-hydrogen) atoms. The molecule has 4 nitrogen and oxygen atoms in total. The van der Waals surface area contributed by atoms with E-state index in [1.165, 1.54) is 12.1 Å². The standard InChI is InChI=1S/C16H21FN2O2S/c17-13-5-3-12(4-6-13)14(11-1-2-11)19-15(20)18-9-16(21)7-8-22-10-16/h3-6,11,14,21H,1-2,7-10H2,(H2,18,19,20)/t14-,16+/m1/s1. The van der Waals surface area contributed by atoms with E-state index in [9.17, 15) is 14.3 Å². The highest BCUT2D eigenvalue weighted by atomic mass is 32.2. The molecular formula is C16H21FN2O2S. The van der Waals surface area contributed by atoms with E-state index in [4.69, 9.17) is 0 Å². The minimum absolute atomic E-state index is 0.0896. The van der Waals surface area contributed by atoms with Gasteiger partial charge in [-0.25, -0.2) is 9.18 Å². The molecule has 1 aromatic rings. The van der Waals surface area contributed by atoms with Crippen LogP contribution in [0.4, 0.5) is 9.18 Å². The van der Waals surface area contributed by atoms with Crippen molar-refractivity contribution in [3.63, 3.8) is 0 Å². The van der Waals surface area contributed by atoms with Crippen molar-refractivity contribution in [3.8, 4) is 0 Å². The second-order valence-corrected chi connectivity index (χ2v) is 7.33. The minimum atomic E-state index is -0.785. The van der Waals surface area contributed by atoms with Crippen molar-refractivity contribution in [2.45, 2.75) is 30.9 Å². The summed E-state index contributed by atoms with van der Waals surface area (Å²) < 4.78 is 13.0. The number of nitrogens with one attached hydrogen (secondary N) is 2. The Bertz CT molecular complexity index is 527. The Hall–Kier alpha value is -1.27. The summed E-state index contributed by atoms with van der Waals surface area (Å²) >= 11 is 1.70. The molecule has 0 unspecified atom stereocenters. The van der Waals surface area contributed by atoms with E-state index in [1.807, 2.05) is 0 Å². The minimum Gasteiger partial charge on any atom is -0.387 e. The van der Waals surface area contributed by atoms with Crippen molar-refractivity contribution < 1.29 is 14.3 Å². The lowest BCUT2D eigenvalue weighted by Crippen LogP contribution is -2.47. The Morgan fingerprint density at radius 3 is 2.73 bits per heavy atom. The van der Waals surface area contributed by atoms with Crippen LogP contribution in [0.15, 0.2) is 24.3 Å². The fourth-order valence-electron chi connectivity index (χ4n) is 2.75. The molecule has 2 aliphatic rings. The molecule has 0 radical (unpaired) electrons. The predicted molar refractivity (Wildman–Crippen MR) is 85.3 cm³/mol. The Balaban J connectivity index is 1.56. The number of rotatable bonds is 5. The Morgan fingerprint density at radius 2 is 2.14 bits per heavy atom. The van der Waals surface area contributed by atoms with Crippen LogP contribution in [0.3, 0.4) is 0 Å². The van der Waals surface area contributed by atoms with Gasteiger partial charge in [-0.15, -0.1) is 0 Å². The van der Waals surface area contributed by atoms with Gasteiger partial charge in [-0.3, -0.25) is 0 Å². The first-order valence-corrected chi connectivity index (χ1v) is 8.81. The Labute approximate surface area is 133 Å². The second kappa shape index (κ2) is 6.46. The molecule has 6 heteroatoms. The summed E-state index contributed by atoms with van der Waals surface area (Å²) in [6, 6.07) is 5.92. The number of urea groups is 1. The van der Waals surface area contributed by atoms with Gasteiger partial charge in [0.15, 0.2) is 0 Å². The third-order valence-corrected chi connectivity index (χ3v) is 5.50. The van der Waals surface area contributed by atoms with Crippen LogP contribution in [0, 0.1) is 11.7 Å². The summed E-state index contributed by atoms with van der Waals surface area (Å²) in [4.78, 5) is 12.1. The van der Waals surface area contributed by atoms with Crippen LogP contribution < -0.4 is 10.6 Å². The van der Waals surface area contributed by atoms with E-state index in [2.05, 4.69) is 10.6 Å². The fraction of sp³-hybridized carbons (Fsp3) is 0.562. The monoisotopic (exact) mass is 324 g/mol. The zero-order valence-corrected chi connectivity index (χ0v) is 13.2. The molecule has 120 valence electrons. The van der Waals surface area contributed by atoms with Crippen molar-refractivity contribution in [1.29, 1.82) is 0 Å². The highest BCUT2D eigenvalue weighted by Crippen LogP contribution is 2.41. The van der Waals surface area contributed by atoms with Gasteiger partial charge in [0.25, 0.3) is 0 Å². The zero-order chi connectivity index (χ0) is 15.6. The van der Waals surface area contributed by atoms with Gasteiger partial charge in [0, 0.05) is 12.3 Å². The highest BCUT2D eigenvalue weighted by Gasteiger charge is 2.35. The average molecular weight is 324 g/mol. The van der Waals surface area contributed by atoms with Crippen LogP contribution in [-0.4, -0.2) is 34.8 Å². The first-order valence-electron chi connectivity index (χ1n) is 7.66. The smallest absolute Gasteiger partial charge is 0.315 e. The number of hydrogen-bond donors (Lipinski definition) is 3. The van der Waals surface area contributed by atoms with E-state index in [0.29, 0.717) is 18.1 Å². The van der Waals surface area contributed by atoms with E-state index in [0.717, 1.165) is 24.2 Å². The SMILES string of the molecule is O=C(NC[C@@]1(O)CCSC1)N[C@@H](c1ccc(F)cc1)C1CC1. The molecule has 2 atom stereocenters. The Morgan fingerprint density at radius 1 is 1.41 bits per heavy atom. The fourth-order valence-corrected chi connectivity index (χ4v) is 4.04. The summed E-state index contributed by atoms with van der Waals surface area (Å²) in [6.07, 6.45) is 2.85. The first-order chi connectivity index (χ1) is 10.6. The quantitative estimate of drug-likeness (QED) is 0.780. The molecule has 1 saturated heterocycles. The van der Waals surface area contributed by atoms with E-state index in [-0.39, 0.29) is 24.4 Å². The summed E-state index contributed by atoms with van der Waals surface area (Å²) in [6.45, 7) is 0.270. The lowest BCUT2D eigenvalue weighted by Gasteiger charge is -2.24. The van der Waals surface area contributed by atoms with E-state index in [1.54, 1.807) is 23.9 Å². The van der Waals surface area contributed by atoms with E-state index >= 15 is 0 Å². The van der Waals surface area contributed by atoms with Crippen LogP contribution in [0.1, 0.15) is 30.9 Å². The second-order valence-electron chi connectivity index (χ2n) is 6.22. The lowest BCUT2D eigenvalue weighted by atomic mass is 10.0. The van der Waals surface area contributed by atoms with Crippen LogP contribution in [0.5, 0.6) is 0 Å². The van der Waals surface area contributed by atoms with Gasteiger partial charge in [0.2, 0.25) is 0 Å². The number of carbonyl (C=O) groups excluding carboxylic acids is 1. The molecule has 3 rings (SSSR count). The number of carbonyl (C=O) groups is 1. The van der Waals surface area contributed by atoms with E-state index < -0.39 is 5.60 Å². The number of aliphatic hydroxyl groups is 1. The molecule has 1 saturated carbocycles. The normalized spacial score (nSPS) is 25.7. The molecular weight excluding hydrogens is 303 g/mol. The molecule has 1 aromatic carbocycles. The van der Waals surface area contributed by atoms with Gasteiger partial charge < -0.3 is 15.7 Å². The van der Waals surface area contributed by atoms with Gasteiger partial charge in [-0.2, -0.15) is 11.8 Å². The molecule has 2 amide bonds.